The van der Waals surface area contributed by atoms with Gasteiger partial charge in [0.25, 0.3) is 0 Å². The van der Waals surface area contributed by atoms with Crippen molar-refractivity contribution >= 4 is 11.3 Å². The fraction of sp³-hybridized carbons (Fsp3) is 0.692. The summed E-state index contributed by atoms with van der Waals surface area (Å²) in [6.45, 7) is 5.50. The second kappa shape index (κ2) is 6.38. The highest BCUT2D eigenvalue weighted by molar-refractivity contribution is 7.11. The predicted octanol–water partition coefficient (Wildman–Crippen LogP) is 2.68. The van der Waals surface area contributed by atoms with E-state index in [0.717, 1.165) is 13.1 Å². The van der Waals surface area contributed by atoms with Crippen molar-refractivity contribution in [3.8, 4) is 0 Å². The predicted molar refractivity (Wildman–Crippen MR) is 71.0 cm³/mol. The Kier molecular flexibility index (Phi) is 4.82. The van der Waals surface area contributed by atoms with E-state index in [1.165, 1.54) is 42.0 Å². The normalized spacial score (nSPS) is 21.9. The first-order chi connectivity index (χ1) is 7.84. The van der Waals surface area contributed by atoms with Gasteiger partial charge in [0.1, 0.15) is 0 Å². The molecule has 1 aliphatic heterocycles. The van der Waals surface area contributed by atoms with Crippen molar-refractivity contribution in [3.05, 3.63) is 21.9 Å². The third-order valence-corrected chi connectivity index (χ3v) is 4.15. The van der Waals surface area contributed by atoms with Gasteiger partial charge >= 0.3 is 0 Å². The summed E-state index contributed by atoms with van der Waals surface area (Å²) in [7, 11) is 0. The SMILES string of the molecule is Cc1ccc(CNCC2CCCCCN2)s1. The molecule has 0 radical (unpaired) electrons. The second-order valence-corrected chi connectivity index (χ2v) is 6.02. The van der Waals surface area contributed by atoms with E-state index in [0.29, 0.717) is 6.04 Å². The molecule has 1 saturated heterocycles. The number of thiophene rings is 1. The van der Waals surface area contributed by atoms with Gasteiger partial charge in [0, 0.05) is 28.9 Å². The Morgan fingerprint density at radius 3 is 3.12 bits per heavy atom. The molecule has 2 heterocycles. The Hall–Kier alpha value is -0.380. The van der Waals surface area contributed by atoms with E-state index >= 15 is 0 Å². The van der Waals surface area contributed by atoms with E-state index in [-0.39, 0.29) is 0 Å². The van der Waals surface area contributed by atoms with Crippen LogP contribution >= 0.6 is 11.3 Å². The first-order valence-corrected chi connectivity index (χ1v) is 7.15. The summed E-state index contributed by atoms with van der Waals surface area (Å²) < 4.78 is 0. The molecule has 0 aromatic carbocycles. The van der Waals surface area contributed by atoms with Crippen LogP contribution in [0.4, 0.5) is 0 Å². The van der Waals surface area contributed by atoms with Gasteiger partial charge in [-0.1, -0.05) is 12.8 Å². The van der Waals surface area contributed by atoms with Crippen molar-refractivity contribution < 1.29 is 0 Å². The molecule has 0 bridgehead atoms. The molecule has 1 fully saturated rings. The first-order valence-electron chi connectivity index (χ1n) is 6.34. The largest absolute Gasteiger partial charge is 0.313 e. The zero-order valence-corrected chi connectivity index (χ0v) is 10.9. The Morgan fingerprint density at radius 2 is 2.31 bits per heavy atom. The van der Waals surface area contributed by atoms with Gasteiger partial charge in [-0.3, -0.25) is 0 Å². The third kappa shape index (κ3) is 3.89. The summed E-state index contributed by atoms with van der Waals surface area (Å²) in [5, 5.41) is 7.17. The van der Waals surface area contributed by atoms with Crippen molar-refractivity contribution in [1.29, 1.82) is 0 Å². The average Bonchev–Trinajstić information content (AvgIpc) is 2.54. The summed E-state index contributed by atoms with van der Waals surface area (Å²) in [4.78, 5) is 2.86. The Morgan fingerprint density at radius 1 is 1.38 bits per heavy atom. The molecular weight excluding hydrogens is 216 g/mol. The van der Waals surface area contributed by atoms with Gasteiger partial charge in [0.2, 0.25) is 0 Å². The molecule has 0 amide bonds. The van der Waals surface area contributed by atoms with Crippen molar-refractivity contribution in [3.63, 3.8) is 0 Å². The summed E-state index contributed by atoms with van der Waals surface area (Å²) in [5.41, 5.74) is 0. The van der Waals surface area contributed by atoms with Crippen LogP contribution < -0.4 is 10.6 Å². The van der Waals surface area contributed by atoms with Crippen molar-refractivity contribution in [1.82, 2.24) is 10.6 Å². The van der Waals surface area contributed by atoms with Crippen molar-refractivity contribution in [2.45, 2.75) is 45.2 Å². The van der Waals surface area contributed by atoms with Gasteiger partial charge in [0.15, 0.2) is 0 Å². The lowest BCUT2D eigenvalue weighted by atomic mass is 10.1. The summed E-state index contributed by atoms with van der Waals surface area (Å²) >= 11 is 1.90. The van der Waals surface area contributed by atoms with E-state index < -0.39 is 0 Å². The lowest BCUT2D eigenvalue weighted by Gasteiger charge is -2.15. The monoisotopic (exact) mass is 238 g/mol. The Balaban J connectivity index is 1.67. The van der Waals surface area contributed by atoms with E-state index in [2.05, 4.69) is 29.7 Å². The van der Waals surface area contributed by atoms with Gasteiger partial charge in [-0.15, -0.1) is 11.3 Å². The van der Waals surface area contributed by atoms with Crippen LogP contribution in [0.25, 0.3) is 0 Å². The molecule has 0 spiro atoms. The van der Waals surface area contributed by atoms with Crippen LogP contribution in [0.5, 0.6) is 0 Å². The molecule has 1 atom stereocenters. The quantitative estimate of drug-likeness (QED) is 0.843. The summed E-state index contributed by atoms with van der Waals surface area (Å²) in [5.74, 6) is 0. The molecule has 2 N–H and O–H groups in total. The lowest BCUT2D eigenvalue weighted by molar-refractivity contribution is 0.471. The molecule has 0 saturated carbocycles. The number of nitrogens with one attached hydrogen (secondary N) is 2. The van der Waals surface area contributed by atoms with E-state index in [1.54, 1.807) is 0 Å². The highest BCUT2D eigenvalue weighted by Gasteiger charge is 2.10. The van der Waals surface area contributed by atoms with Crippen LogP contribution in [0.3, 0.4) is 0 Å². The molecule has 2 nitrogen and oxygen atoms in total. The van der Waals surface area contributed by atoms with Gasteiger partial charge in [-0.2, -0.15) is 0 Å². The molecule has 3 heteroatoms. The number of aryl methyl sites for hydroxylation is 1. The molecular formula is C13H22N2S. The Bertz CT molecular complexity index is 301. The molecule has 1 aliphatic rings. The molecule has 1 aromatic heterocycles. The van der Waals surface area contributed by atoms with Gasteiger partial charge in [0.05, 0.1) is 0 Å². The second-order valence-electron chi connectivity index (χ2n) is 4.64. The highest BCUT2D eigenvalue weighted by Crippen LogP contribution is 2.14. The zero-order valence-electron chi connectivity index (χ0n) is 10.1. The Labute approximate surface area is 102 Å². The van der Waals surface area contributed by atoms with Crippen LogP contribution in [-0.2, 0) is 6.54 Å². The molecule has 90 valence electrons. The van der Waals surface area contributed by atoms with Crippen molar-refractivity contribution in [2.24, 2.45) is 0 Å². The highest BCUT2D eigenvalue weighted by atomic mass is 32.1. The maximum absolute atomic E-state index is 3.61. The molecule has 1 aromatic rings. The number of hydrogen-bond donors (Lipinski definition) is 2. The van der Waals surface area contributed by atoms with Crippen LogP contribution in [0, 0.1) is 6.92 Å². The van der Waals surface area contributed by atoms with Crippen LogP contribution in [-0.4, -0.2) is 19.1 Å². The molecule has 2 rings (SSSR count). The number of rotatable bonds is 4. The van der Waals surface area contributed by atoms with Crippen LogP contribution in [0.15, 0.2) is 12.1 Å². The first kappa shape index (κ1) is 12.1. The zero-order chi connectivity index (χ0) is 11.2. The summed E-state index contributed by atoms with van der Waals surface area (Å²) in [6.07, 6.45) is 5.46. The van der Waals surface area contributed by atoms with Gasteiger partial charge in [-0.05, 0) is 38.4 Å². The standard InChI is InChI=1S/C13H22N2S/c1-11-6-7-13(16-11)10-14-9-12-5-3-2-4-8-15-12/h6-7,12,14-15H,2-5,8-10H2,1H3. The maximum Gasteiger partial charge on any atom is 0.0300 e. The minimum atomic E-state index is 0.684. The summed E-state index contributed by atoms with van der Waals surface area (Å²) in [6, 6.07) is 5.11. The average molecular weight is 238 g/mol. The minimum Gasteiger partial charge on any atom is -0.313 e. The van der Waals surface area contributed by atoms with E-state index in [4.69, 9.17) is 0 Å². The van der Waals surface area contributed by atoms with Crippen LogP contribution in [0.2, 0.25) is 0 Å². The topological polar surface area (TPSA) is 24.1 Å². The molecule has 0 aliphatic carbocycles. The van der Waals surface area contributed by atoms with E-state index in [1.807, 2.05) is 11.3 Å². The molecule has 16 heavy (non-hydrogen) atoms. The fourth-order valence-corrected chi connectivity index (χ4v) is 3.08. The lowest BCUT2D eigenvalue weighted by Crippen LogP contribution is -2.37. The maximum atomic E-state index is 3.61. The van der Waals surface area contributed by atoms with Crippen LogP contribution in [0.1, 0.15) is 35.4 Å². The fourth-order valence-electron chi connectivity index (χ4n) is 2.22. The number of hydrogen-bond acceptors (Lipinski definition) is 3. The minimum absolute atomic E-state index is 0.684. The third-order valence-electron chi connectivity index (χ3n) is 3.15. The van der Waals surface area contributed by atoms with E-state index in [9.17, 15) is 0 Å². The van der Waals surface area contributed by atoms with Gasteiger partial charge < -0.3 is 10.6 Å². The smallest absolute Gasteiger partial charge is 0.0300 e. The molecule has 1 unspecified atom stereocenters. The van der Waals surface area contributed by atoms with Crippen molar-refractivity contribution in [2.75, 3.05) is 13.1 Å². The van der Waals surface area contributed by atoms with Gasteiger partial charge in [-0.25, -0.2) is 0 Å².